The summed E-state index contributed by atoms with van der Waals surface area (Å²) in [4.78, 5) is 3.97. The fourth-order valence-electron chi connectivity index (χ4n) is 0.531. The van der Waals surface area contributed by atoms with E-state index in [1.165, 1.54) is 7.11 Å². The van der Waals surface area contributed by atoms with Crippen LogP contribution in [0.5, 0.6) is 0 Å². The van der Waals surface area contributed by atoms with E-state index in [1.807, 2.05) is 13.8 Å². The predicted octanol–water partition coefficient (Wildman–Crippen LogP) is 1.86. The van der Waals surface area contributed by atoms with Gasteiger partial charge in [-0.3, -0.25) is 4.99 Å². The average Bonchev–Trinajstić information content (AvgIpc) is 1.85. The summed E-state index contributed by atoms with van der Waals surface area (Å²) < 4.78 is 4.54. The molecule has 0 saturated heterocycles. The summed E-state index contributed by atoms with van der Waals surface area (Å²) >= 11 is 0. The maximum absolute atomic E-state index is 8.93. The maximum Gasteiger partial charge on any atom is 0.298 e. The minimum absolute atomic E-state index is 0.124. The van der Waals surface area contributed by atoms with Crippen molar-refractivity contribution in [2.75, 3.05) is 7.11 Å². The number of ether oxygens (including phenoxy) is 1. The van der Waals surface area contributed by atoms with Gasteiger partial charge in [-0.25, -0.2) is 0 Å². The van der Waals surface area contributed by atoms with Crippen molar-refractivity contribution in [1.82, 2.24) is 0 Å². The first kappa shape index (κ1) is 9.01. The van der Waals surface area contributed by atoms with E-state index in [1.54, 1.807) is 6.92 Å². The molecular formula is C7H13NO2. The van der Waals surface area contributed by atoms with Gasteiger partial charge < -0.3 is 9.84 Å². The largest absolute Gasteiger partial charge is 0.480 e. The summed E-state index contributed by atoms with van der Waals surface area (Å²) in [7, 11) is 1.40. The third kappa shape index (κ3) is 3.12. The van der Waals surface area contributed by atoms with Crippen LogP contribution >= 0.6 is 0 Å². The van der Waals surface area contributed by atoms with Crippen molar-refractivity contribution in [3.05, 3.63) is 11.6 Å². The first-order valence-electron chi connectivity index (χ1n) is 3.03. The Balaban J connectivity index is 4.33. The van der Waals surface area contributed by atoms with Gasteiger partial charge in [0.25, 0.3) is 5.95 Å². The second kappa shape index (κ2) is 3.93. The molecule has 0 aromatic carbocycles. The van der Waals surface area contributed by atoms with Crippen LogP contribution in [0.4, 0.5) is 0 Å². The van der Waals surface area contributed by atoms with E-state index in [0.717, 1.165) is 5.71 Å². The van der Waals surface area contributed by atoms with Crippen molar-refractivity contribution in [3.63, 3.8) is 0 Å². The zero-order valence-electron chi connectivity index (χ0n) is 6.80. The van der Waals surface area contributed by atoms with Crippen molar-refractivity contribution in [3.8, 4) is 0 Å². The highest BCUT2D eigenvalue weighted by atomic mass is 16.6. The number of nitrogens with zero attached hydrogens (tertiary/aromatic N) is 1. The van der Waals surface area contributed by atoms with Crippen LogP contribution < -0.4 is 0 Å². The monoisotopic (exact) mass is 143 g/mol. The number of allylic oxidation sites excluding steroid dienone is 1. The number of rotatable bonds is 2. The molecule has 0 aromatic rings. The molecule has 0 heterocycles. The van der Waals surface area contributed by atoms with Gasteiger partial charge in [0.15, 0.2) is 0 Å². The number of aliphatic imine (C=N–C) groups is 1. The Morgan fingerprint density at radius 3 is 2.10 bits per heavy atom. The highest BCUT2D eigenvalue weighted by Crippen LogP contribution is 2.02. The molecule has 0 saturated carbocycles. The van der Waals surface area contributed by atoms with Crippen molar-refractivity contribution in [2.45, 2.75) is 20.8 Å². The van der Waals surface area contributed by atoms with Gasteiger partial charge in [0, 0.05) is 5.71 Å². The van der Waals surface area contributed by atoms with Crippen molar-refractivity contribution < 1.29 is 9.84 Å². The van der Waals surface area contributed by atoms with Gasteiger partial charge in [-0.2, -0.15) is 0 Å². The summed E-state index contributed by atoms with van der Waals surface area (Å²) in [5, 5.41) is 8.93. The lowest BCUT2D eigenvalue weighted by atomic mass is 10.4. The zero-order valence-corrected chi connectivity index (χ0v) is 6.80. The molecule has 0 aliphatic heterocycles. The Kier molecular flexibility index (Phi) is 3.54. The summed E-state index contributed by atoms with van der Waals surface area (Å²) in [5.41, 5.74) is 1.39. The molecule has 0 unspecified atom stereocenters. The molecular weight excluding hydrogens is 130 g/mol. The first-order chi connectivity index (χ1) is 4.57. The molecule has 1 N–H and O–H groups in total. The number of methoxy groups -OCH3 is 1. The molecule has 0 rings (SSSR count). The third-order valence-corrected chi connectivity index (χ3v) is 0.894. The second-order valence-electron chi connectivity index (χ2n) is 2.15. The van der Waals surface area contributed by atoms with Gasteiger partial charge in [0.2, 0.25) is 0 Å². The lowest BCUT2D eigenvalue weighted by Crippen LogP contribution is -1.90. The van der Waals surface area contributed by atoms with Gasteiger partial charge in [-0.15, -0.1) is 0 Å². The van der Waals surface area contributed by atoms with Crippen LogP contribution in [0, 0.1) is 0 Å². The van der Waals surface area contributed by atoms with Crippen LogP contribution in [0.2, 0.25) is 0 Å². The van der Waals surface area contributed by atoms with Crippen molar-refractivity contribution in [2.24, 2.45) is 4.99 Å². The average molecular weight is 143 g/mol. The number of aliphatic hydroxyl groups excluding tert-OH is 1. The lowest BCUT2D eigenvalue weighted by Gasteiger charge is -1.98. The maximum atomic E-state index is 8.93. The Bertz CT molecular complexity index is 166. The van der Waals surface area contributed by atoms with Crippen molar-refractivity contribution >= 4 is 5.71 Å². The summed E-state index contributed by atoms with van der Waals surface area (Å²) in [6.07, 6.45) is 0. The molecule has 0 bridgehead atoms. The van der Waals surface area contributed by atoms with Crippen LogP contribution in [-0.4, -0.2) is 17.9 Å². The standard InChI is InChI=1S/C7H13NO2/c1-5(2)8-6(3)7(9)10-4/h9H,1-4H3/b7-6+. The van der Waals surface area contributed by atoms with Crippen LogP contribution in [0.25, 0.3) is 0 Å². The normalized spacial score (nSPS) is 12.0. The number of hydrogen-bond acceptors (Lipinski definition) is 3. The Morgan fingerprint density at radius 2 is 1.80 bits per heavy atom. The number of hydrogen-bond donors (Lipinski definition) is 1. The molecule has 0 aromatic heterocycles. The van der Waals surface area contributed by atoms with E-state index in [-0.39, 0.29) is 5.95 Å². The lowest BCUT2D eigenvalue weighted by molar-refractivity contribution is 0.131. The molecule has 58 valence electrons. The SMILES string of the molecule is CO/C(O)=C(\C)N=C(C)C. The van der Waals surface area contributed by atoms with E-state index in [0.29, 0.717) is 5.70 Å². The molecule has 3 nitrogen and oxygen atoms in total. The Hall–Kier alpha value is -0.990. The van der Waals surface area contributed by atoms with E-state index >= 15 is 0 Å². The number of aliphatic hydroxyl groups is 1. The highest BCUT2D eigenvalue weighted by Gasteiger charge is 1.95. The minimum Gasteiger partial charge on any atom is -0.480 e. The Labute approximate surface area is 61.0 Å². The summed E-state index contributed by atoms with van der Waals surface area (Å²) in [5.74, 6) is -0.124. The first-order valence-corrected chi connectivity index (χ1v) is 3.03. The van der Waals surface area contributed by atoms with Crippen LogP contribution in [-0.2, 0) is 4.74 Å². The molecule has 0 aliphatic rings. The molecule has 0 fully saturated rings. The highest BCUT2D eigenvalue weighted by molar-refractivity contribution is 5.80. The molecule has 0 aliphatic carbocycles. The molecule has 0 amide bonds. The predicted molar refractivity (Wildman–Crippen MR) is 41.1 cm³/mol. The quantitative estimate of drug-likeness (QED) is 0.473. The second-order valence-corrected chi connectivity index (χ2v) is 2.15. The fourth-order valence-corrected chi connectivity index (χ4v) is 0.531. The Morgan fingerprint density at radius 1 is 1.30 bits per heavy atom. The smallest absolute Gasteiger partial charge is 0.298 e. The van der Waals surface area contributed by atoms with E-state index in [2.05, 4.69) is 9.73 Å². The minimum atomic E-state index is -0.124. The molecule has 0 atom stereocenters. The van der Waals surface area contributed by atoms with Gasteiger partial charge >= 0.3 is 0 Å². The topological polar surface area (TPSA) is 41.8 Å². The third-order valence-electron chi connectivity index (χ3n) is 0.894. The van der Waals surface area contributed by atoms with Gasteiger partial charge in [0.1, 0.15) is 5.70 Å². The van der Waals surface area contributed by atoms with Crippen LogP contribution in [0.1, 0.15) is 20.8 Å². The summed E-state index contributed by atoms with van der Waals surface area (Å²) in [6, 6.07) is 0. The van der Waals surface area contributed by atoms with E-state index in [4.69, 9.17) is 5.11 Å². The molecule has 0 radical (unpaired) electrons. The van der Waals surface area contributed by atoms with Gasteiger partial charge in [-0.1, -0.05) is 0 Å². The van der Waals surface area contributed by atoms with Crippen LogP contribution in [0.3, 0.4) is 0 Å². The fraction of sp³-hybridized carbons (Fsp3) is 0.571. The van der Waals surface area contributed by atoms with Gasteiger partial charge in [-0.05, 0) is 20.8 Å². The molecule has 10 heavy (non-hydrogen) atoms. The van der Waals surface area contributed by atoms with Crippen molar-refractivity contribution in [1.29, 1.82) is 0 Å². The van der Waals surface area contributed by atoms with E-state index in [9.17, 15) is 0 Å². The van der Waals surface area contributed by atoms with Gasteiger partial charge in [0.05, 0.1) is 7.11 Å². The molecule has 3 heteroatoms. The van der Waals surface area contributed by atoms with E-state index < -0.39 is 0 Å². The summed E-state index contributed by atoms with van der Waals surface area (Å²) in [6.45, 7) is 5.39. The van der Waals surface area contributed by atoms with Crippen LogP contribution in [0.15, 0.2) is 16.6 Å². The molecule has 0 spiro atoms. The zero-order chi connectivity index (χ0) is 8.15.